The summed E-state index contributed by atoms with van der Waals surface area (Å²) >= 11 is 0. The van der Waals surface area contributed by atoms with Crippen LogP contribution in [0.4, 0.5) is 28.0 Å². The van der Waals surface area contributed by atoms with Gasteiger partial charge in [-0.2, -0.15) is 13.2 Å². The average Bonchev–Trinajstić information content (AvgIpc) is 2.63. The van der Waals surface area contributed by atoms with Gasteiger partial charge in [0.1, 0.15) is 11.6 Å². The zero-order valence-corrected chi connectivity index (χ0v) is 14.5. The van der Waals surface area contributed by atoms with Crippen molar-refractivity contribution in [2.75, 3.05) is 11.9 Å². The number of hydrogen-bond donors (Lipinski definition) is 2. The first-order valence-electron chi connectivity index (χ1n) is 8.00. The van der Waals surface area contributed by atoms with Gasteiger partial charge in [0.25, 0.3) is 0 Å². The van der Waals surface area contributed by atoms with Crippen LogP contribution in [0.25, 0.3) is 0 Å². The van der Waals surface area contributed by atoms with Crippen LogP contribution in [0.15, 0.2) is 54.6 Å². The number of anilines is 1. The Morgan fingerprint density at radius 2 is 1.61 bits per heavy atom. The fourth-order valence-electron chi connectivity index (χ4n) is 2.12. The maximum atomic E-state index is 13.9. The predicted molar refractivity (Wildman–Crippen MR) is 91.0 cm³/mol. The molecule has 1 unspecified atom stereocenters. The van der Waals surface area contributed by atoms with E-state index in [9.17, 15) is 27.2 Å². The van der Waals surface area contributed by atoms with Crippen LogP contribution in [-0.2, 0) is 9.53 Å². The standard InChI is InChI=1S/C18H16F4N2O4/c1-2-27-15(25)17(18(20,21)22,28-14-6-4-3-5-7-14)24-16(26)23-13-10-8-12(19)9-11-13/h3-11H,2H2,1H3,(H2,23,24,26). The average molecular weight is 400 g/mol. The van der Waals surface area contributed by atoms with Gasteiger partial charge in [-0.15, -0.1) is 0 Å². The maximum absolute atomic E-state index is 13.9. The first-order valence-corrected chi connectivity index (χ1v) is 8.00. The summed E-state index contributed by atoms with van der Waals surface area (Å²) in [6, 6.07) is 9.52. The van der Waals surface area contributed by atoms with Crippen molar-refractivity contribution in [2.24, 2.45) is 0 Å². The van der Waals surface area contributed by atoms with Crippen LogP contribution in [0, 0.1) is 5.82 Å². The number of carbonyl (C=O) groups excluding carboxylic acids is 2. The van der Waals surface area contributed by atoms with Crippen LogP contribution in [0.2, 0.25) is 0 Å². The van der Waals surface area contributed by atoms with E-state index < -0.39 is 29.7 Å². The molecule has 150 valence electrons. The minimum atomic E-state index is -5.37. The van der Waals surface area contributed by atoms with Gasteiger partial charge in [-0.05, 0) is 43.3 Å². The molecule has 0 fully saturated rings. The maximum Gasteiger partial charge on any atom is 0.460 e. The number of para-hydroxylation sites is 1. The number of ether oxygens (including phenoxy) is 2. The van der Waals surface area contributed by atoms with Crippen molar-refractivity contribution < 1.29 is 36.6 Å². The van der Waals surface area contributed by atoms with E-state index in [2.05, 4.69) is 10.1 Å². The highest BCUT2D eigenvalue weighted by Gasteiger charge is 2.66. The Bertz CT molecular complexity index is 813. The number of benzene rings is 2. The molecule has 0 aromatic heterocycles. The van der Waals surface area contributed by atoms with Gasteiger partial charge in [0.2, 0.25) is 0 Å². The summed E-state index contributed by atoms with van der Waals surface area (Å²) < 4.78 is 63.9. The molecule has 2 rings (SSSR count). The summed E-state index contributed by atoms with van der Waals surface area (Å²) in [7, 11) is 0. The summed E-state index contributed by atoms with van der Waals surface area (Å²) in [4.78, 5) is 24.3. The molecule has 0 saturated carbocycles. The molecular weight excluding hydrogens is 384 g/mol. The van der Waals surface area contributed by atoms with E-state index in [-0.39, 0.29) is 18.0 Å². The highest BCUT2D eigenvalue weighted by atomic mass is 19.4. The summed E-state index contributed by atoms with van der Waals surface area (Å²) in [5.74, 6) is -2.77. The second kappa shape index (κ2) is 8.59. The molecule has 2 amide bonds. The van der Waals surface area contributed by atoms with Gasteiger partial charge < -0.3 is 14.8 Å². The molecule has 2 N–H and O–H groups in total. The molecule has 0 spiro atoms. The normalized spacial score (nSPS) is 13.2. The van der Waals surface area contributed by atoms with E-state index in [0.717, 1.165) is 24.3 Å². The van der Waals surface area contributed by atoms with Gasteiger partial charge in [-0.1, -0.05) is 18.2 Å². The van der Waals surface area contributed by atoms with Crippen molar-refractivity contribution in [3.05, 3.63) is 60.4 Å². The molecule has 6 nitrogen and oxygen atoms in total. The minimum absolute atomic E-state index is 0.00135. The molecule has 0 bridgehead atoms. The highest BCUT2D eigenvalue weighted by molar-refractivity contribution is 5.94. The third kappa shape index (κ3) is 4.90. The Labute approximate surface area is 157 Å². The molecule has 1 atom stereocenters. The Morgan fingerprint density at radius 3 is 2.14 bits per heavy atom. The molecule has 0 saturated heterocycles. The van der Waals surface area contributed by atoms with Gasteiger partial charge in [0.15, 0.2) is 0 Å². The smallest absolute Gasteiger partial charge is 0.460 e. The number of halogens is 4. The second-order valence-electron chi connectivity index (χ2n) is 5.40. The first kappa shape index (κ1) is 21.0. The summed E-state index contributed by atoms with van der Waals surface area (Å²) in [6.45, 7) is 0.927. The van der Waals surface area contributed by atoms with Gasteiger partial charge in [0, 0.05) is 5.69 Å². The number of hydrogen-bond acceptors (Lipinski definition) is 4. The lowest BCUT2D eigenvalue weighted by molar-refractivity contribution is -0.259. The lowest BCUT2D eigenvalue weighted by atomic mass is 10.2. The topological polar surface area (TPSA) is 76.7 Å². The van der Waals surface area contributed by atoms with Gasteiger partial charge >= 0.3 is 23.9 Å². The predicted octanol–water partition coefficient (Wildman–Crippen LogP) is 3.85. The Morgan fingerprint density at radius 1 is 1.00 bits per heavy atom. The number of alkyl halides is 3. The number of rotatable bonds is 6. The number of nitrogens with one attached hydrogen (secondary N) is 2. The molecule has 10 heteroatoms. The Hall–Kier alpha value is -3.30. The highest BCUT2D eigenvalue weighted by Crippen LogP contribution is 2.34. The van der Waals surface area contributed by atoms with Crippen molar-refractivity contribution in [3.8, 4) is 5.75 Å². The van der Waals surface area contributed by atoms with Gasteiger partial charge in [-0.25, -0.2) is 14.0 Å². The number of esters is 1. The zero-order valence-electron chi connectivity index (χ0n) is 14.5. The molecule has 2 aromatic carbocycles. The number of urea groups is 1. The third-order valence-corrected chi connectivity index (χ3v) is 3.37. The number of carbonyl (C=O) groups is 2. The van der Waals surface area contributed by atoms with Crippen molar-refractivity contribution in [1.29, 1.82) is 0 Å². The van der Waals surface area contributed by atoms with Crippen LogP contribution in [0.1, 0.15) is 6.92 Å². The lowest BCUT2D eigenvalue weighted by Crippen LogP contribution is -2.69. The van der Waals surface area contributed by atoms with Gasteiger partial charge in [0.05, 0.1) is 6.61 Å². The summed E-state index contributed by atoms with van der Waals surface area (Å²) in [5, 5.41) is 3.58. The second-order valence-corrected chi connectivity index (χ2v) is 5.40. The van der Waals surface area contributed by atoms with E-state index in [4.69, 9.17) is 4.74 Å². The number of amides is 2. The summed E-state index contributed by atoms with van der Waals surface area (Å²) in [6.07, 6.45) is -5.37. The zero-order chi connectivity index (χ0) is 20.8. The van der Waals surface area contributed by atoms with E-state index >= 15 is 0 Å². The van der Waals surface area contributed by atoms with E-state index in [0.29, 0.717) is 0 Å². The Kier molecular flexibility index (Phi) is 6.45. The van der Waals surface area contributed by atoms with Crippen molar-refractivity contribution in [2.45, 2.75) is 18.8 Å². The van der Waals surface area contributed by atoms with Crippen molar-refractivity contribution in [1.82, 2.24) is 5.32 Å². The van der Waals surface area contributed by atoms with Crippen LogP contribution >= 0.6 is 0 Å². The molecule has 2 aromatic rings. The van der Waals surface area contributed by atoms with E-state index in [1.807, 2.05) is 0 Å². The molecule has 0 aliphatic heterocycles. The molecular formula is C18H16F4N2O4. The largest absolute Gasteiger partial charge is 0.461 e. The molecule has 0 aliphatic carbocycles. The Balaban J connectivity index is 2.36. The van der Waals surface area contributed by atoms with Crippen LogP contribution in [0.3, 0.4) is 0 Å². The third-order valence-electron chi connectivity index (χ3n) is 3.37. The fourth-order valence-corrected chi connectivity index (χ4v) is 2.12. The molecule has 0 aliphatic rings. The molecule has 28 heavy (non-hydrogen) atoms. The monoisotopic (exact) mass is 400 g/mol. The first-order chi connectivity index (χ1) is 13.2. The van der Waals surface area contributed by atoms with Crippen molar-refractivity contribution in [3.63, 3.8) is 0 Å². The van der Waals surface area contributed by atoms with E-state index in [1.165, 1.54) is 42.6 Å². The minimum Gasteiger partial charge on any atom is -0.461 e. The quantitative estimate of drug-likeness (QED) is 0.439. The van der Waals surface area contributed by atoms with Crippen LogP contribution in [-0.4, -0.2) is 30.5 Å². The molecule has 0 radical (unpaired) electrons. The lowest BCUT2D eigenvalue weighted by Gasteiger charge is -2.33. The van der Waals surface area contributed by atoms with E-state index in [1.54, 1.807) is 0 Å². The van der Waals surface area contributed by atoms with Crippen molar-refractivity contribution >= 4 is 17.7 Å². The molecule has 0 heterocycles. The SMILES string of the molecule is CCOC(=O)C(NC(=O)Nc1ccc(F)cc1)(Oc1ccccc1)C(F)(F)F. The summed E-state index contributed by atoms with van der Waals surface area (Å²) in [5.41, 5.74) is -3.80. The fraction of sp³-hybridized carbons (Fsp3) is 0.222. The van der Waals surface area contributed by atoms with Crippen LogP contribution in [0.5, 0.6) is 5.75 Å². The van der Waals surface area contributed by atoms with Crippen LogP contribution < -0.4 is 15.4 Å². The van der Waals surface area contributed by atoms with Gasteiger partial charge in [-0.3, -0.25) is 5.32 Å².